The van der Waals surface area contributed by atoms with E-state index in [2.05, 4.69) is 23.7 Å². The highest BCUT2D eigenvalue weighted by Gasteiger charge is 2.64. The molecule has 4 heterocycles. The molecule has 1 unspecified atom stereocenters. The van der Waals surface area contributed by atoms with Gasteiger partial charge in [-0.15, -0.1) is 0 Å². The minimum absolute atomic E-state index is 0.0200. The molecule has 6 nitrogen and oxygen atoms in total. The van der Waals surface area contributed by atoms with Crippen LogP contribution in [0.4, 0.5) is 0 Å². The average molecular weight is 435 g/mol. The molecule has 170 valence electrons. The van der Waals surface area contributed by atoms with Crippen molar-refractivity contribution >= 4 is 22.7 Å². The summed E-state index contributed by atoms with van der Waals surface area (Å²) >= 11 is 0. The molecular formula is C26H34N4O2. The minimum Gasteiger partial charge on any atom is -0.345 e. The van der Waals surface area contributed by atoms with Gasteiger partial charge in [-0.1, -0.05) is 19.9 Å². The van der Waals surface area contributed by atoms with Crippen LogP contribution in [0.25, 0.3) is 10.9 Å². The highest BCUT2D eigenvalue weighted by molar-refractivity contribution is 5.98. The van der Waals surface area contributed by atoms with Gasteiger partial charge in [0.15, 0.2) is 0 Å². The summed E-state index contributed by atoms with van der Waals surface area (Å²) in [7, 11) is 1.95. The van der Waals surface area contributed by atoms with Crippen molar-refractivity contribution < 1.29 is 9.59 Å². The van der Waals surface area contributed by atoms with Crippen molar-refractivity contribution in [1.82, 2.24) is 19.7 Å². The number of likely N-dealkylation sites (tertiary alicyclic amines) is 3. The Morgan fingerprint density at radius 1 is 1.09 bits per heavy atom. The van der Waals surface area contributed by atoms with Crippen LogP contribution in [0.5, 0.6) is 0 Å². The molecule has 3 fully saturated rings. The number of aromatic nitrogens is 1. The maximum atomic E-state index is 13.4. The molecule has 6 heteroatoms. The summed E-state index contributed by atoms with van der Waals surface area (Å²) < 4.78 is 0. The molecule has 1 aromatic carbocycles. The minimum atomic E-state index is -0.277. The molecule has 0 saturated carbocycles. The van der Waals surface area contributed by atoms with Gasteiger partial charge in [0.1, 0.15) is 0 Å². The van der Waals surface area contributed by atoms with Crippen LogP contribution in [0.3, 0.4) is 0 Å². The van der Waals surface area contributed by atoms with Crippen LogP contribution in [-0.4, -0.2) is 77.8 Å². The lowest BCUT2D eigenvalue weighted by atomic mass is 9.60. The first-order valence-electron chi connectivity index (χ1n) is 12.0. The fourth-order valence-electron chi connectivity index (χ4n) is 6.57. The largest absolute Gasteiger partial charge is 0.345 e. The van der Waals surface area contributed by atoms with Gasteiger partial charge in [0.25, 0.3) is 5.91 Å². The molecule has 3 aliphatic rings. The third kappa shape index (κ3) is 3.31. The van der Waals surface area contributed by atoms with Gasteiger partial charge in [-0.2, -0.15) is 0 Å². The monoisotopic (exact) mass is 434 g/mol. The summed E-state index contributed by atoms with van der Waals surface area (Å²) in [4.78, 5) is 37.5. The number of piperidine rings is 1. The zero-order valence-electron chi connectivity index (χ0n) is 19.5. The molecule has 2 aromatic rings. The van der Waals surface area contributed by atoms with Gasteiger partial charge in [0.05, 0.1) is 10.9 Å². The van der Waals surface area contributed by atoms with Crippen LogP contribution >= 0.6 is 0 Å². The zero-order chi connectivity index (χ0) is 22.5. The first-order valence-corrected chi connectivity index (χ1v) is 12.0. The van der Waals surface area contributed by atoms with E-state index in [1.165, 1.54) is 0 Å². The number of hydrogen-bond acceptors (Lipinski definition) is 4. The van der Waals surface area contributed by atoms with Crippen LogP contribution in [0.2, 0.25) is 0 Å². The lowest BCUT2D eigenvalue weighted by molar-refractivity contribution is -0.141. The molecule has 1 atom stereocenters. The lowest BCUT2D eigenvalue weighted by Gasteiger charge is -2.47. The third-order valence-corrected chi connectivity index (χ3v) is 8.15. The highest BCUT2D eigenvalue weighted by atomic mass is 16.2. The van der Waals surface area contributed by atoms with E-state index in [1.807, 2.05) is 47.2 Å². The average Bonchev–Trinajstić information content (AvgIpc) is 3.24. The van der Waals surface area contributed by atoms with Crippen LogP contribution in [0.1, 0.15) is 43.5 Å². The molecule has 0 aliphatic carbocycles. The Bertz CT molecular complexity index is 1040. The summed E-state index contributed by atoms with van der Waals surface area (Å²) in [5.74, 6) is 0.998. The predicted octanol–water partition coefficient (Wildman–Crippen LogP) is 3.28. The van der Waals surface area contributed by atoms with Crippen molar-refractivity contribution in [3.05, 3.63) is 42.1 Å². The van der Waals surface area contributed by atoms with Crippen LogP contribution < -0.4 is 0 Å². The fraction of sp³-hybridized carbons (Fsp3) is 0.577. The van der Waals surface area contributed by atoms with E-state index < -0.39 is 0 Å². The van der Waals surface area contributed by atoms with E-state index in [4.69, 9.17) is 0 Å². The standard InChI is InChI=1S/C26H34N4O2/c1-19(2)16-29-17-25(26(18-29)10-12-28(3)24(26)32)8-13-30(14-9-25)23(31)21-6-7-22-20(15-21)5-4-11-27-22/h4-7,11,15,19H,8-10,12-14,16-18H2,1-3H3. The second-order valence-corrected chi connectivity index (χ2v) is 10.6. The zero-order valence-corrected chi connectivity index (χ0v) is 19.5. The SMILES string of the molecule is CC(C)CN1CC2(CCN(C(=O)c3ccc4ncccc4c3)CC2)C2(CCN(C)C2=O)C1. The second-order valence-electron chi connectivity index (χ2n) is 10.6. The number of fused-ring (bicyclic) bond motifs is 2. The smallest absolute Gasteiger partial charge is 0.253 e. The van der Waals surface area contributed by atoms with Crippen LogP contribution in [0, 0.1) is 16.7 Å². The third-order valence-electron chi connectivity index (χ3n) is 8.15. The van der Waals surface area contributed by atoms with Crippen molar-refractivity contribution in [2.75, 3.05) is 46.3 Å². The number of benzene rings is 1. The molecule has 5 rings (SSSR count). The van der Waals surface area contributed by atoms with Crippen molar-refractivity contribution in [2.24, 2.45) is 16.7 Å². The van der Waals surface area contributed by atoms with Gasteiger partial charge in [-0.05, 0) is 49.4 Å². The van der Waals surface area contributed by atoms with E-state index >= 15 is 0 Å². The molecule has 0 N–H and O–H groups in total. The van der Waals surface area contributed by atoms with Crippen molar-refractivity contribution in [2.45, 2.75) is 33.1 Å². The van der Waals surface area contributed by atoms with E-state index in [1.54, 1.807) is 6.20 Å². The number of hydrogen-bond donors (Lipinski definition) is 0. The molecule has 0 radical (unpaired) electrons. The molecule has 3 aliphatic heterocycles. The Morgan fingerprint density at radius 3 is 2.56 bits per heavy atom. The van der Waals surface area contributed by atoms with Crippen molar-refractivity contribution in [3.63, 3.8) is 0 Å². The fourth-order valence-corrected chi connectivity index (χ4v) is 6.57. The molecule has 3 saturated heterocycles. The number of pyridine rings is 1. The summed E-state index contributed by atoms with van der Waals surface area (Å²) in [5.41, 5.74) is 1.33. The van der Waals surface area contributed by atoms with Gasteiger partial charge >= 0.3 is 0 Å². The van der Waals surface area contributed by atoms with Crippen LogP contribution in [-0.2, 0) is 4.79 Å². The molecule has 0 bridgehead atoms. The Labute approximate surface area is 190 Å². The number of nitrogens with zero attached hydrogens (tertiary/aromatic N) is 4. The van der Waals surface area contributed by atoms with E-state index in [0.29, 0.717) is 11.8 Å². The highest BCUT2D eigenvalue weighted by Crippen LogP contribution is 2.57. The molecule has 2 spiro atoms. The summed E-state index contributed by atoms with van der Waals surface area (Å²) in [6.07, 6.45) is 4.53. The number of rotatable bonds is 3. The lowest BCUT2D eigenvalue weighted by Crippen LogP contribution is -2.53. The van der Waals surface area contributed by atoms with Gasteiger partial charge in [0.2, 0.25) is 5.91 Å². The summed E-state index contributed by atoms with van der Waals surface area (Å²) in [5, 5.41) is 0.991. The number of amides is 2. The van der Waals surface area contributed by atoms with E-state index in [0.717, 1.165) is 75.0 Å². The van der Waals surface area contributed by atoms with Gasteiger partial charge in [-0.25, -0.2) is 0 Å². The maximum Gasteiger partial charge on any atom is 0.253 e. The Morgan fingerprint density at radius 2 is 1.88 bits per heavy atom. The second kappa shape index (κ2) is 7.84. The first-order chi connectivity index (χ1) is 15.3. The Kier molecular flexibility index (Phi) is 5.24. The maximum absolute atomic E-state index is 13.4. The first kappa shape index (κ1) is 21.4. The molecular weight excluding hydrogens is 400 g/mol. The predicted molar refractivity (Wildman–Crippen MR) is 125 cm³/mol. The molecule has 2 amide bonds. The van der Waals surface area contributed by atoms with Crippen molar-refractivity contribution in [3.8, 4) is 0 Å². The van der Waals surface area contributed by atoms with Crippen molar-refractivity contribution in [1.29, 1.82) is 0 Å². The quantitative estimate of drug-likeness (QED) is 0.744. The topological polar surface area (TPSA) is 56.8 Å². The van der Waals surface area contributed by atoms with E-state index in [-0.39, 0.29) is 16.7 Å². The summed E-state index contributed by atoms with van der Waals surface area (Å²) in [6.45, 7) is 9.68. The van der Waals surface area contributed by atoms with E-state index in [9.17, 15) is 9.59 Å². The molecule has 1 aromatic heterocycles. The van der Waals surface area contributed by atoms with Gasteiger partial charge in [-0.3, -0.25) is 14.6 Å². The Balaban J connectivity index is 1.36. The molecule has 32 heavy (non-hydrogen) atoms. The van der Waals surface area contributed by atoms with Crippen LogP contribution in [0.15, 0.2) is 36.5 Å². The Hall–Kier alpha value is -2.47. The number of carbonyl (C=O) groups excluding carboxylic acids is 2. The normalized spacial score (nSPS) is 25.7. The van der Waals surface area contributed by atoms with Gasteiger partial charge in [0, 0.05) is 68.9 Å². The van der Waals surface area contributed by atoms with Gasteiger partial charge < -0.3 is 14.7 Å². The summed E-state index contributed by atoms with van der Waals surface area (Å²) in [6, 6.07) is 9.67. The number of carbonyl (C=O) groups is 2.